The molecule has 0 aliphatic heterocycles. The average molecular weight is 291 g/mol. The van der Waals surface area contributed by atoms with Crippen LogP contribution in [0.3, 0.4) is 0 Å². The van der Waals surface area contributed by atoms with Crippen molar-refractivity contribution in [2.75, 3.05) is 13.7 Å². The molecule has 6 heteroatoms. The molecule has 112 valence electrons. The molecule has 2 aromatic rings. The third-order valence-corrected chi connectivity index (χ3v) is 3.11. The van der Waals surface area contributed by atoms with Crippen molar-refractivity contribution in [3.05, 3.63) is 47.5 Å². The number of nitrogens with one attached hydrogen (secondary N) is 1. The second-order valence-electron chi connectivity index (χ2n) is 4.70. The number of halogens is 1. The molecule has 21 heavy (non-hydrogen) atoms. The summed E-state index contributed by atoms with van der Waals surface area (Å²) in [6.07, 6.45) is 5.29. The Morgan fingerprint density at radius 2 is 2.29 bits per heavy atom. The first-order valence-electron chi connectivity index (χ1n) is 6.70. The maximum absolute atomic E-state index is 13.7. The SMILES string of the molecule is COc1cccc(F)c1C(=O)NCCCc1cnn(C)c1. The summed E-state index contributed by atoms with van der Waals surface area (Å²) in [6.45, 7) is 0.464. The first-order chi connectivity index (χ1) is 10.1. The van der Waals surface area contributed by atoms with E-state index in [0.29, 0.717) is 6.54 Å². The second kappa shape index (κ2) is 6.88. The molecule has 0 atom stereocenters. The molecule has 0 bridgehead atoms. The third-order valence-electron chi connectivity index (χ3n) is 3.11. The van der Waals surface area contributed by atoms with Gasteiger partial charge in [0.15, 0.2) is 0 Å². The van der Waals surface area contributed by atoms with Gasteiger partial charge in [-0.05, 0) is 30.5 Å². The standard InChI is InChI=1S/C15H18FN3O2/c1-19-10-11(9-18-19)5-4-8-17-15(20)14-12(16)6-3-7-13(14)21-2/h3,6-7,9-10H,4-5,8H2,1-2H3,(H,17,20). The van der Waals surface area contributed by atoms with Gasteiger partial charge in [0.25, 0.3) is 5.91 Å². The molecule has 0 aliphatic rings. The van der Waals surface area contributed by atoms with Gasteiger partial charge in [-0.2, -0.15) is 5.10 Å². The fourth-order valence-electron chi connectivity index (χ4n) is 2.08. The molecule has 0 unspecified atom stereocenters. The number of carbonyl (C=O) groups is 1. The van der Waals surface area contributed by atoms with Crippen LogP contribution in [0.4, 0.5) is 4.39 Å². The Morgan fingerprint density at radius 3 is 2.95 bits per heavy atom. The highest BCUT2D eigenvalue weighted by Gasteiger charge is 2.16. The Bertz CT molecular complexity index is 625. The predicted octanol–water partition coefficient (Wildman–Crippen LogP) is 1.93. The Morgan fingerprint density at radius 1 is 1.48 bits per heavy atom. The zero-order valence-electron chi connectivity index (χ0n) is 12.1. The third kappa shape index (κ3) is 3.81. The van der Waals surface area contributed by atoms with Gasteiger partial charge in [-0.25, -0.2) is 4.39 Å². The summed E-state index contributed by atoms with van der Waals surface area (Å²) >= 11 is 0. The molecule has 0 fully saturated rings. The molecule has 0 saturated heterocycles. The summed E-state index contributed by atoms with van der Waals surface area (Å²) in [5.41, 5.74) is 1.05. The molecular weight excluding hydrogens is 273 g/mol. The second-order valence-corrected chi connectivity index (χ2v) is 4.70. The smallest absolute Gasteiger partial charge is 0.258 e. The van der Waals surface area contributed by atoms with Gasteiger partial charge in [-0.3, -0.25) is 9.48 Å². The summed E-state index contributed by atoms with van der Waals surface area (Å²) in [5, 5.41) is 6.78. The average Bonchev–Trinajstić information content (AvgIpc) is 2.88. The number of aromatic nitrogens is 2. The number of benzene rings is 1. The van der Waals surface area contributed by atoms with Crippen LogP contribution in [0.15, 0.2) is 30.6 Å². The fraction of sp³-hybridized carbons (Fsp3) is 0.333. The minimum absolute atomic E-state index is 0.0543. The zero-order valence-corrected chi connectivity index (χ0v) is 12.1. The van der Waals surface area contributed by atoms with Gasteiger partial charge in [-0.15, -0.1) is 0 Å². The summed E-state index contributed by atoms with van der Waals surface area (Å²) in [5.74, 6) is -0.810. The lowest BCUT2D eigenvalue weighted by atomic mass is 10.1. The molecule has 1 heterocycles. The summed E-state index contributed by atoms with van der Waals surface area (Å²) in [7, 11) is 3.27. The molecule has 0 aliphatic carbocycles. The van der Waals surface area contributed by atoms with Crippen molar-refractivity contribution in [2.45, 2.75) is 12.8 Å². The van der Waals surface area contributed by atoms with E-state index in [9.17, 15) is 9.18 Å². The molecule has 5 nitrogen and oxygen atoms in total. The number of amides is 1. The number of hydrogen-bond acceptors (Lipinski definition) is 3. The zero-order chi connectivity index (χ0) is 15.2. The van der Waals surface area contributed by atoms with Crippen LogP contribution in [-0.2, 0) is 13.5 Å². The molecule has 1 N–H and O–H groups in total. The van der Waals surface area contributed by atoms with Crippen LogP contribution in [0, 0.1) is 5.82 Å². The number of carbonyl (C=O) groups excluding carboxylic acids is 1. The quantitative estimate of drug-likeness (QED) is 0.827. The van der Waals surface area contributed by atoms with Crippen LogP contribution < -0.4 is 10.1 Å². The number of rotatable bonds is 6. The van der Waals surface area contributed by atoms with Crippen LogP contribution in [0.2, 0.25) is 0 Å². The van der Waals surface area contributed by atoms with E-state index in [-0.39, 0.29) is 11.3 Å². The maximum Gasteiger partial charge on any atom is 0.258 e. The minimum atomic E-state index is -0.584. The van der Waals surface area contributed by atoms with Crippen molar-refractivity contribution in [1.82, 2.24) is 15.1 Å². The molecule has 0 radical (unpaired) electrons. The first kappa shape index (κ1) is 15.0. The van der Waals surface area contributed by atoms with E-state index < -0.39 is 11.7 Å². The van der Waals surface area contributed by atoms with E-state index in [2.05, 4.69) is 10.4 Å². The summed E-state index contributed by atoms with van der Waals surface area (Å²) < 4.78 is 20.5. The lowest BCUT2D eigenvalue weighted by Crippen LogP contribution is -2.26. The van der Waals surface area contributed by atoms with Gasteiger partial charge in [-0.1, -0.05) is 6.07 Å². The van der Waals surface area contributed by atoms with E-state index in [1.165, 1.54) is 19.2 Å². The molecule has 1 aromatic heterocycles. The number of methoxy groups -OCH3 is 1. The van der Waals surface area contributed by atoms with Crippen molar-refractivity contribution in [1.29, 1.82) is 0 Å². The Balaban J connectivity index is 1.87. The molecule has 1 aromatic carbocycles. The van der Waals surface area contributed by atoms with E-state index >= 15 is 0 Å². The van der Waals surface area contributed by atoms with Crippen molar-refractivity contribution in [3.8, 4) is 5.75 Å². The maximum atomic E-state index is 13.7. The lowest BCUT2D eigenvalue weighted by molar-refractivity contribution is 0.0946. The summed E-state index contributed by atoms with van der Waals surface area (Å²) in [4.78, 5) is 12.0. The number of ether oxygens (including phenoxy) is 1. The lowest BCUT2D eigenvalue weighted by Gasteiger charge is -2.09. The molecule has 2 rings (SSSR count). The normalized spacial score (nSPS) is 10.4. The monoisotopic (exact) mass is 291 g/mol. The van der Waals surface area contributed by atoms with Gasteiger partial charge in [0.1, 0.15) is 17.1 Å². The van der Waals surface area contributed by atoms with Crippen LogP contribution in [0.5, 0.6) is 5.75 Å². The first-order valence-corrected chi connectivity index (χ1v) is 6.70. The highest BCUT2D eigenvalue weighted by atomic mass is 19.1. The van der Waals surface area contributed by atoms with Crippen molar-refractivity contribution in [3.63, 3.8) is 0 Å². The topological polar surface area (TPSA) is 56.1 Å². The van der Waals surface area contributed by atoms with Crippen LogP contribution in [-0.4, -0.2) is 29.3 Å². The predicted molar refractivity (Wildman–Crippen MR) is 76.8 cm³/mol. The van der Waals surface area contributed by atoms with Crippen LogP contribution >= 0.6 is 0 Å². The van der Waals surface area contributed by atoms with E-state index in [1.807, 2.05) is 13.2 Å². The molecular formula is C15H18FN3O2. The number of hydrogen-bond donors (Lipinski definition) is 1. The van der Waals surface area contributed by atoms with Crippen molar-refractivity contribution in [2.24, 2.45) is 7.05 Å². The van der Waals surface area contributed by atoms with E-state index in [4.69, 9.17) is 4.74 Å². The van der Waals surface area contributed by atoms with Gasteiger partial charge >= 0.3 is 0 Å². The Kier molecular flexibility index (Phi) is 4.92. The van der Waals surface area contributed by atoms with Crippen molar-refractivity contribution >= 4 is 5.91 Å². The van der Waals surface area contributed by atoms with Crippen LogP contribution in [0.25, 0.3) is 0 Å². The Labute approximate surface area is 122 Å². The van der Waals surface area contributed by atoms with E-state index in [0.717, 1.165) is 18.4 Å². The molecule has 0 saturated carbocycles. The van der Waals surface area contributed by atoms with Gasteiger partial charge in [0.05, 0.1) is 13.3 Å². The summed E-state index contributed by atoms with van der Waals surface area (Å²) in [6, 6.07) is 4.31. The fourth-order valence-corrected chi connectivity index (χ4v) is 2.08. The van der Waals surface area contributed by atoms with Gasteiger partial charge < -0.3 is 10.1 Å². The highest BCUT2D eigenvalue weighted by Crippen LogP contribution is 2.20. The van der Waals surface area contributed by atoms with Gasteiger partial charge in [0, 0.05) is 19.8 Å². The van der Waals surface area contributed by atoms with Crippen LogP contribution in [0.1, 0.15) is 22.3 Å². The number of nitrogens with zero attached hydrogens (tertiary/aromatic N) is 2. The highest BCUT2D eigenvalue weighted by molar-refractivity contribution is 5.97. The van der Waals surface area contributed by atoms with Crippen molar-refractivity contribution < 1.29 is 13.9 Å². The Hall–Kier alpha value is -2.37. The number of aryl methyl sites for hydroxylation is 2. The van der Waals surface area contributed by atoms with Gasteiger partial charge in [0.2, 0.25) is 0 Å². The van der Waals surface area contributed by atoms with E-state index in [1.54, 1.807) is 16.9 Å². The molecule has 0 spiro atoms. The molecule has 1 amide bonds. The largest absolute Gasteiger partial charge is 0.496 e. The minimum Gasteiger partial charge on any atom is -0.496 e.